The van der Waals surface area contributed by atoms with Crippen molar-refractivity contribution in [1.82, 2.24) is 10.2 Å². The van der Waals surface area contributed by atoms with E-state index in [1.165, 1.54) is 37.1 Å². The molecule has 1 aliphatic rings. The lowest BCUT2D eigenvalue weighted by Crippen LogP contribution is -2.34. The molecule has 3 N–H and O–H groups in total. The molecule has 0 saturated carbocycles. The van der Waals surface area contributed by atoms with Crippen molar-refractivity contribution in [2.45, 2.75) is 43.4 Å². The summed E-state index contributed by atoms with van der Waals surface area (Å²) < 4.78 is 5.06. The van der Waals surface area contributed by atoms with Gasteiger partial charge in [-0.2, -0.15) is 0 Å². The summed E-state index contributed by atoms with van der Waals surface area (Å²) in [6, 6.07) is 23.3. The Morgan fingerprint density at radius 3 is 2.37 bits per heavy atom. The third-order valence-corrected chi connectivity index (χ3v) is 10.9. The van der Waals surface area contributed by atoms with Crippen LogP contribution in [0.2, 0.25) is 0 Å². The van der Waals surface area contributed by atoms with E-state index in [9.17, 15) is 24.0 Å². The van der Waals surface area contributed by atoms with E-state index in [0.29, 0.717) is 47.7 Å². The molecule has 13 heteroatoms. The third-order valence-electron chi connectivity index (χ3n) is 8.41. The molecule has 0 fully saturated rings. The first kappa shape index (κ1) is 37.8. The minimum Gasteiger partial charge on any atom is -0.465 e. The summed E-state index contributed by atoms with van der Waals surface area (Å²) >= 11 is 2.61. The first-order chi connectivity index (χ1) is 25.0. The number of rotatable bonds is 12. The van der Waals surface area contributed by atoms with E-state index in [0.717, 1.165) is 26.6 Å². The van der Waals surface area contributed by atoms with Gasteiger partial charge in [-0.25, -0.2) is 4.79 Å². The summed E-state index contributed by atoms with van der Waals surface area (Å²) in [4.78, 5) is 70.5. The zero-order valence-electron chi connectivity index (χ0n) is 29.6. The molecule has 11 nitrogen and oxygen atoms in total. The lowest BCUT2D eigenvalue weighted by Gasteiger charge is -2.25. The summed E-state index contributed by atoms with van der Waals surface area (Å²) in [6.07, 6.45) is 2.59. The highest BCUT2D eigenvalue weighted by Gasteiger charge is 2.31. The number of hydrogen-bond acceptors (Lipinski definition) is 9. The molecule has 1 aromatic heterocycles. The Kier molecular flexibility index (Phi) is 12.5. The quantitative estimate of drug-likeness (QED) is 0.0860. The first-order valence-corrected chi connectivity index (χ1v) is 18.4. The molecule has 0 bridgehead atoms. The summed E-state index contributed by atoms with van der Waals surface area (Å²) in [5, 5.41) is 8.49. The Morgan fingerprint density at radius 2 is 1.71 bits per heavy atom. The highest BCUT2D eigenvalue weighted by atomic mass is 32.2. The van der Waals surface area contributed by atoms with Gasteiger partial charge in [-0.15, -0.1) is 23.1 Å². The van der Waals surface area contributed by atoms with Gasteiger partial charge < -0.3 is 30.5 Å². The molecule has 4 aromatic rings. The van der Waals surface area contributed by atoms with Crippen LogP contribution in [0.5, 0.6) is 0 Å². The normalized spacial score (nSPS) is 13.0. The van der Waals surface area contributed by atoms with E-state index in [1.807, 2.05) is 62.3 Å². The van der Waals surface area contributed by atoms with Crippen LogP contribution < -0.4 is 20.9 Å². The lowest BCUT2D eigenvalue weighted by atomic mass is 10.0. The molecule has 0 radical (unpaired) electrons. The Bertz CT molecular complexity index is 1990. The van der Waals surface area contributed by atoms with Crippen molar-refractivity contribution in [3.8, 4) is 0 Å². The van der Waals surface area contributed by atoms with Crippen molar-refractivity contribution in [2.75, 3.05) is 43.3 Å². The van der Waals surface area contributed by atoms with Crippen LogP contribution >= 0.6 is 23.1 Å². The fourth-order valence-corrected chi connectivity index (χ4v) is 7.85. The third kappa shape index (κ3) is 9.28. The molecule has 1 atom stereocenters. The number of anilines is 3. The Morgan fingerprint density at radius 1 is 0.981 bits per heavy atom. The Hall–Kier alpha value is -5.40. The summed E-state index contributed by atoms with van der Waals surface area (Å²) in [7, 11) is 5.18. The molecule has 2 heterocycles. The van der Waals surface area contributed by atoms with E-state index in [1.54, 1.807) is 53.4 Å². The minimum absolute atomic E-state index is 0.0517. The SMILES string of the molecule is CCC(Sc1cccc(NC(=O)/C(=C\c2ccc(N(C)C)cc2)NC(=O)c2ccccc2)c1)C(=O)Nc1sc2c(c1C(=O)OC)CCN(C(C)=O)C2. The Labute approximate surface area is 311 Å². The molecule has 5 rings (SSSR count). The maximum absolute atomic E-state index is 13.7. The number of carbonyl (C=O) groups is 5. The van der Waals surface area contributed by atoms with E-state index in [-0.39, 0.29) is 17.5 Å². The maximum Gasteiger partial charge on any atom is 0.341 e. The molecule has 3 aromatic carbocycles. The predicted molar refractivity (Wildman–Crippen MR) is 207 cm³/mol. The zero-order chi connectivity index (χ0) is 37.4. The van der Waals surface area contributed by atoms with Gasteiger partial charge in [0.1, 0.15) is 10.7 Å². The van der Waals surface area contributed by atoms with Crippen LogP contribution in [-0.2, 0) is 32.1 Å². The van der Waals surface area contributed by atoms with Gasteiger partial charge in [0.05, 0.1) is 24.5 Å². The molecule has 0 spiro atoms. The number of benzene rings is 3. The molecule has 1 unspecified atom stereocenters. The second kappa shape index (κ2) is 17.2. The molecular weight excluding hydrogens is 699 g/mol. The summed E-state index contributed by atoms with van der Waals surface area (Å²) in [6.45, 7) is 4.26. The van der Waals surface area contributed by atoms with Crippen molar-refractivity contribution >= 4 is 75.1 Å². The second-order valence-electron chi connectivity index (χ2n) is 12.2. The standard InChI is InChI=1S/C39H41N5O6S2/c1-6-32(37(48)42-38-34(39(49)50-5)30-19-20-44(24(2)45)23-33(30)52-38)51-29-14-10-13-27(22-29)40-36(47)31(41-35(46)26-11-8-7-9-12-26)21-25-15-17-28(18-16-25)43(3)4/h7-18,21-22,32H,6,19-20,23H2,1-5H3,(H,40,47)(H,41,46)(H,42,48)/b31-21+. The first-order valence-electron chi connectivity index (χ1n) is 16.7. The fourth-order valence-electron chi connectivity index (χ4n) is 5.58. The van der Waals surface area contributed by atoms with Crippen LogP contribution in [0.25, 0.3) is 6.08 Å². The highest BCUT2D eigenvalue weighted by Crippen LogP contribution is 2.38. The number of nitrogens with zero attached hydrogens (tertiary/aromatic N) is 2. The number of thioether (sulfide) groups is 1. The van der Waals surface area contributed by atoms with Crippen molar-refractivity contribution in [1.29, 1.82) is 0 Å². The Balaban J connectivity index is 1.32. The monoisotopic (exact) mass is 739 g/mol. The molecule has 270 valence electrons. The lowest BCUT2D eigenvalue weighted by molar-refractivity contribution is -0.129. The van der Waals surface area contributed by atoms with Gasteiger partial charge in [-0.3, -0.25) is 19.2 Å². The van der Waals surface area contributed by atoms with E-state index >= 15 is 0 Å². The van der Waals surface area contributed by atoms with Crippen LogP contribution in [0.3, 0.4) is 0 Å². The molecule has 52 heavy (non-hydrogen) atoms. The smallest absolute Gasteiger partial charge is 0.341 e. The van der Waals surface area contributed by atoms with Gasteiger partial charge in [-0.1, -0.05) is 43.3 Å². The van der Waals surface area contributed by atoms with Crippen LogP contribution in [-0.4, -0.2) is 67.5 Å². The second-order valence-corrected chi connectivity index (χ2v) is 14.6. The van der Waals surface area contributed by atoms with E-state index < -0.39 is 23.0 Å². The van der Waals surface area contributed by atoms with Gasteiger partial charge in [0.25, 0.3) is 11.8 Å². The van der Waals surface area contributed by atoms with Crippen LogP contribution in [0.15, 0.2) is 89.5 Å². The molecule has 0 saturated heterocycles. The van der Waals surface area contributed by atoms with Gasteiger partial charge in [0, 0.05) is 54.3 Å². The van der Waals surface area contributed by atoms with E-state index in [2.05, 4.69) is 16.0 Å². The molecular formula is C39H41N5O6S2. The zero-order valence-corrected chi connectivity index (χ0v) is 31.3. The summed E-state index contributed by atoms with van der Waals surface area (Å²) in [5.41, 5.74) is 3.79. The van der Waals surface area contributed by atoms with Gasteiger partial charge in [0.15, 0.2) is 0 Å². The highest BCUT2D eigenvalue weighted by molar-refractivity contribution is 8.00. The van der Waals surface area contributed by atoms with Gasteiger partial charge >= 0.3 is 5.97 Å². The number of methoxy groups -OCH3 is 1. The average molecular weight is 740 g/mol. The fraction of sp³-hybridized carbons (Fsp3) is 0.256. The van der Waals surface area contributed by atoms with Crippen molar-refractivity contribution < 1.29 is 28.7 Å². The van der Waals surface area contributed by atoms with Crippen LogP contribution in [0.1, 0.15) is 57.0 Å². The number of fused-ring (bicyclic) bond motifs is 1. The topological polar surface area (TPSA) is 137 Å². The molecule has 0 aliphatic carbocycles. The number of thiophene rings is 1. The molecule has 1 aliphatic heterocycles. The number of nitrogens with one attached hydrogen (secondary N) is 3. The number of amides is 4. The molecule has 4 amide bonds. The largest absolute Gasteiger partial charge is 0.465 e. The number of hydrogen-bond donors (Lipinski definition) is 3. The predicted octanol–water partition coefficient (Wildman–Crippen LogP) is 6.42. The number of carbonyl (C=O) groups excluding carboxylic acids is 5. The van der Waals surface area contributed by atoms with E-state index in [4.69, 9.17) is 4.74 Å². The summed E-state index contributed by atoms with van der Waals surface area (Å²) in [5.74, 6) is -1.82. The minimum atomic E-state index is -0.535. The average Bonchev–Trinajstić information content (AvgIpc) is 3.50. The van der Waals surface area contributed by atoms with Gasteiger partial charge in [-0.05, 0) is 72.5 Å². The van der Waals surface area contributed by atoms with Crippen molar-refractivity contribution in [2.24, 2.45) is 0 Å². The van der Waals surface area contributed by atoms with Gasteiger partial charge in [0.2, 0.25) is 11.8 Å². The van der Waals surface area contributed by atoms with Crippen molar-refractivity contribution in [3.05, 3.63) is 112 Å². The van der Waals surface area contributed by atoms with Crippen molar-refractivity contribution in [3.63, 3.8) is 0 Å². The number of esters is 1. The van der Waals surface area contributed by atoms with Crippen LogP contribution in [0, 0.1) is 0 Å². The maximum atomic E-state index is 13.7. The van der Waals surface area contributed by atoms with Crippen LogP contribution in [0.4, 0.5) is 16.4 Å². The number of ether oxygens (including phenoxy) is 1.